The van der Waals surface area contributed by atoms with Gasteiger partial charge < -0.3 is 0 Å². The minimum absolute atomic E-state index is 0.141. The summed E-state index contributed by atoms with van der Waals surface area (Å²) in [7, 11) is 0. The van der Waals surface area contributed by atoms with Crippen LogP contribution >= 0.6 is 0 Å². The normalized spacial score (nSPS) is 20.7. The van der Waals surface area contributed by atoms with Crippen molar-refractivity contribution >= 4 is 5.78 Å². The fraction of sp³-hybridized carbons (Fsp3) is 0.278. The highest BCUT2D eigenvalue weighted by Gasteiger charge is 2.43. The van der Waals surface area contributed by atoms with Crippen molar-refractivity contribution in [2.45, 2.75) is 25.7 Å². The van der Waals surface area contributed by atoms with Crippen molar-refractivity contribution in [3.63, 3.8) is 0 Å². The van der Waals surface area contributed by atoms with Crippen LogP contribution in [-0.2, 0) is 11.2 Å². The summed E-state index contributed by atoms with van der Waals surface area (Å²) in [5, 5.41) is 0. The van der Waals surface area contributed by atoms with Crippen molar-refractivity contribution in [3.8, 4) is 0 Å². The smallest absolute Gasteiger partial charge is 0.140 e. The summed E-state index contributed by atoms with van der Waals surface area (Å²) in [5.41, 5.74) is 3.05. The van der Waals surface area contributed by atoms with E-state index >= 15 is 0 Å². The van der Waals surface area contributed by atoms with Gasteiger partial charge in [-0.15, -0.1) is 0 Å². The maximum atomic E-state index is 13.1. The number of hydrogen-bond acceptors (Lipinski definition) is 1. The van der Waals surface area contributed by atoms with Crippen molar-refractivity contribution < 1.29 is 9.18 Å². The predicted molar refractivity (Wildman–Crippen MR) is 77.1 cm³/mol. The molecule has 0 radical (unpaired) electrons. The molecule has 0 aromatic heterocycles. The topological polar surface area (TPSA) is 17.1 Å². The Labute approximate surface area is 118 Å². The first-order valence-corrected chi connectivity index (χ1v) is 6.98. The molecule has 1 fully saturated rings. The third-order valence-electron chi connectivity index (χ3n) is 4.10. The molecule has 1 aliphatic rings. The largest absolute Gasteiger partial charge is 0.299 e. The van der Waals surface area contributed by atoms with Crippen LogP contribution in [0.4, 0.5) is 4.39 Å². The molecule has 0 spiro atoms. The van der Waals surface area contributed by atoms with Gasteiger partial charge in [0.05, 0.1) is 0 Å². The third kappa shape index (κ3) is 2.64. The molecule has 1 saturated carbocycles. The number of rotatable bonds is 4. The summed E-state index contributed by atoms with van der Waals surface area (Å²) in [6.07, 6.45) is 1.36. The molecule has 0 saturated heterocycles. The molecular weight excluding hydrogens is 251 g/mol. The Morgan fingerprint density at radius 3 is 2.65 bits per heavy atom. The Morgan fingerprint density at radius 2 is 1.95 bits per heavy atom. The van der Waals surface area contributed by atoms with Crippen molar-refractivity contribution in [2.24, 2.45) is 5.92 Å². The summed E-state index contributed by atoms with van der Waals surface area (Å²) in [5.74, 6) is 0.548. The fourth-order valence-corrected chi connectivity index (χ4v) is 2.80. The molecule has 20 heavy (non-hydrogen) atoms. The number of carbonyl (C=O) groups is 1. The number of halogens is 1. The number of ketones is 1. The predicted octanol–water partition coefficient (Wildman–Crippen LogP) is 4.05. The van der Waals surface area contributed by atoms with Gasteiger partial charge in [-0.3, -0.25) is 4.79 Å². The third-order valence-corrected chi connectivity index (χ3v) is 4.10. The second kappa shape index (κ2) is 5.20. The lowest BCUT2D eigenvalue weighted by atomic mass is 9.99. The van der Waals surface area contributed by atoms with Crippen LogP contribution in [0.5, 0.6) is 0 Å². The number of carbonyl (C=O) groups excluding carboxylic acids is 1. The van der Waals surface area contributed by atoms with Crippen molar-refractivity contribution in [1.82, 2.24) is 0 Å². The zero-order valence-electron chi connectivity index (χ0n) is 11.5. The van der Waals surface area contributed by atoms with E-state index in [4.69, 9.17) is 0 Å². The van der Waals surface area contributed by atoms with Crippen LogP contribution in [0.25, 0.3) is 0 Å². The van der Waals surface area contributed by atoms with Crippen molar-refractivity contribution in [1.29, 1.82) is 0 Å². The highest BCUT2D eigenvalue weighted by molar-refractivity contribution is 5.87. The zero-order chi connectivity index (χ0) is 14.1. The molecule has 2 aromatic rings. The summed E-state index contributed by atoms with van der Waals surface area (Å²) in [4.78, 5) is 12.3. The maximum absolute atomic E-state index is 13.1. The van der Waals surface area contributed by atoms with Gasteiger partial charge in [0.2, 0.25) is 0 Å². The molecule has 1 nitrogen and oxygen atoms in total. The molecule has 2 atom stereocenters. The van der Waals surface area contributed by atoms with Gasteiger partial charge >= 0.3 is 0 Å². The first kappa shape index (κ1) is 13.0. The van der Waals surface area contributed by atoms with Gasteiger partial charge in [0.1, 0.15) is 11.6 Å². The summed E-state index contributed by atoms with van der Waals surface area (Å²) >= 11 is 0. The molecular formula is C18H17FO. The van der Waals surface area contributed by atoms with E-state index in [0.29, 0.717) is 12.3 Å². The first-order valence-electron chi connectivity index (χ1n) is 6.98. The Kier molecular flexibility index (Phi) is 3.39. The van der Waals surface area contributed by atoms with E-state index in [1.165, 1.54) is 17.7 Å². The summed E-state index contributed by atoms with van der Waals surface area (Å²) < 4.78 is 13.1. The van der Waals surface area contributed by atoms with Crippen LogP contribution in [0, 0.1) is 18.7 Å². The molecule has 0 N–H and O–H groups in total. The lowest BCUT2D eigenvalue weighted by Crippen LogP contribution is -2.07. The van der Waals surface area contributed by atoms with Crippen LogP contribution in [-0.4, -0.2) is 5.78 Å². The Bertz CT molecular complexity index is 633. The van der Waals surface area contributed by atoms with Crippen LogP contribution in [0.2, 0.25) is 0 Å². The summed E-state index contributed by atoms with van der Waals surface area (Å²) in [6, 6.07) is 14.8. The van der Waals surface area contributed by atoms with Gasteiger partial charge in [-0.1, -0.05) is 36.4 Å². The Hall–Kier alpha value is -1.96. The van der Waals surface area contributed by atoms with Gasteiger partial charge in [-0.2, -0.15) is 0 Å². The molecule has 3 rings (SSSR count). The molecule has 0 aliphatic heterocycles. The van der Waals surface area contributed by atoms with Crippen LogP contribution in [0.15, 0.2) is 48.5 Å². The van der Waals surface area contributed by atoms with E-state index in [-0.39, 0.29) is 17.5 Å². The minimum atomic E-state index is -0.243. The molecule has 2 aromatic carbocycles. The van der Waals surface area contributed by atoms with Crippen LogP contribution < -0.4 is 0 Å². The molecule has 0 amide bonds. The minimum Gasteiger partial charge on any atom is -0.299 e. The van der Waals surface area contributed by atoms with E-state index in [2.05, 4.69) is 12.1 Å². The lowest BCUT2D eigenvalue weighted by Gasteiger charge is -2.05. The molecule has 2 unspecified atom stereocenters. The number of benzene rings is 2. The van der Waals surface area contributed by atoms with Gasteiger partial charge in [0.25, 0.3) is 0 Å². The van der Waals surface area contributed by atoms with Gasteiger partial charge in [0, 0.05) is 12.3 Å². The summed E-state index contributed by atoms with van der Waals surface area (Å²) in [6.45, 7) is 1.85. The maximum Gasteiger partial charge on any atom is 0.140 e. The van der Waals surface area contributed by atoms with Gasteiger partial charge in [-0.25, -0.2) is 4.39 Å². The zero-order valence-corrected chi connectivity index (χ0v) is 11.5. The molecule has 1 aliphatic carbocycles. The number of hydrogen-bond donors (Lipinski definition) is 0. The molecule has 102 valence electrons. The Morgan fingerprint density at radius 1 is 1.20 bits per heavy atom. The van der Waals surface area contributed by atoms with Gasteiger partial charge in [0.15, 0.2) is 0 Å². The first-order chi connectivity index (χ1) is 9.65. The number of Topliss-reactive ketones (excluding diaryl/α,β-unsaturated/α-hetero) is 1. The lowest BCUT2D eigenvalue weighted by molar-refractivity contribution is -0.119. The SMILES string of the molecule is Cc1cc(F)ccc1CC(=O)C1CC1c1ccccc1. The van der Waals surface area contributed by atoms with Gasteiger partial charge in [-0.05, 0) is 48.1 Å². The fourth-order valence-electron chi connectivity index (χ4n) is 2.80. The molecule has 0 heterocycles. The van der Waals surface area contributed by atoms with E-state index < -0.39 is 0 Å². The van der Waals surface area contributed by atoms with E-state index in [1.807, 2.05) is 25.1 Å². The van der Waals surface area contributed by atoms with E-state index in [0.717, 1.165) is 17.5 Å². The van der Waals surface area contributed by atoms with Crippen molar-refractivity contribution in [2.75, 3.05) is 0 Å². The van der Waals surface area contributed by atoms with Crippen LogP contribution in [0.3, 0.4) is 0 Å². The van der Waals surface area contributed by atoms with E-state index in [9.17, 15) is 9.18 Å². The highest BCUT2D eigenvalue weighted by Crippen LogP contribution is 2.48. The highest BCUT2D eigenvalue weighted by atomic mass is 19.1. The Balaban J connectivity index is 1.67. The molecule has 2 heteroatoms. The number of aryl methyl sites for hydroxylation is 1. The second-order valence-electron chi connectivity index (χ2n) is 5.57. The van der Waals surface area contributed by atoms with Crippen LogP contribution in [0.1, 0.15) is 29.0 Å². The quantitative estimate of drug-likeness (QED) is 0.817. The average molecular weight is 268 g/mol. The second-order valence-corrected chi connectivity index (χ2v) is 5.57. The standard InChI is InChI=1S/C18H17FO/c1-12-9-15(19)8-7-14(12)10-18(20)17-11-16(17)13-5-3-2-4-6-13/h2-9,16-17H,10-11H2,1H3. The van der Waals surface area contributed by atoms with E-state index in [1.54, 1.807) is 6.07 Å². The van der Waals surface area contributed by atoms with Crippen molar-refractivity contribution in [3.05, 3.63) is 71.0 Å². The monoisotopic (exact) mass is 268 g/mol. The molecule has 0 bridgehead atoms. The average Bonchev–Trinajstić information content (AvgIpc) is 3.23.